The van der Waals surface area contributed by atoms with Crippen molar-refractivity contribution in [2.75, 3.05) is 26.2 Å². The second kappa shape index (κ2) is 7.35. The lowest BCUT2D eigenvalue weighted by Crippen LogP contribution is -2.48. The molecule has 1 aliphatic heterocycles. The van der Waals surface area contributed by atoms with E-state index < -0.39 is 0 Å². The number of hydrogen-bond acceptors (Lipinski definition) is 5. The normalized spacial score (nSPS) is 15.8. The number of carbonyl (C=O) groups excluding carboxylic acids is 1. The van der Waals surface area contributed by atoms with Crippen LogP contribution in [0.25, 0.3) is 0 Å². The third-order valence-corrected chi connectivity index (χ3v) is 4.75. The number of rotatable bonds is 4. The summed E-state index contributed by atoms with van der Waals surface area (Å²) in [6, 6.07) is 5.92. The van der Waals surface area contributed by atoms with Crippen LogP contribution in [0, 0.1) is 13.8 Å². The van der Waals surface area contributed by atoms with Crippen LogP contribution in [0.4, 0.5) is 0 Å². The van der Waals surface area contributed by atoms with Crippen molar-refractivity contribution >= 4 is 5.91 Å². The van der Waals surface area contributed by atoms with Gasteiger partial charge in [-0.15, -0.1) is 10.2 Å². The maximum atomic E-state index is 12.7. The first-order valence-corrected chi connectivity index (χ1v) is 8.85. The Labute approximate surface area is 148 Å². The van der Waals surface area contributed by atoms with Crippen molar-refractivity contribution in [2.45, 2.75) is 40.2 Å². The van der Waals surface area contributed by atoms with Crippen molar-refractivity contribution in [1.29, 1.82) is 0 Å². The molecule has 6 heteroatoms. The van der Waals surface area contributed by atoms with Crippen LogP contribution in [0.1, 0.15) is 53.0 Å². The van der Waals surface area contributed by atoms with Crippen molar-refractivity contribution in [3.8, 4) is 0 Å². The number of piperazine rings is 1. The number of benzene rings is 1. The van der Waals surface area contributed by atoms with Gasteiger partial charge in [0, 0.05) is 37.7 Å². The Morgan fingerprint density at radius 1 is 1.12 bits per heavy atom. The molecule has 0 spiro atoms. The lowest BCUT2D eigenvalue weighted by atomic mass is 10.1. The molecule has 25 heavy (non-hydrogen) atoms. The molecule has 3 rings (SSSR count). The van der Waals surface area contributed by atoms with Gasteiger partial charge in [-0.3, -0.25) is 9.69 Å². The van der Waals surface area contributed by atoms with E-state index in [0.29, 0.717) is 18.3 Å². The SMILES string of the molecule is Cc1ccc(C(=O)N2CCN(Cc3nnc(C(C)C)o3)CC2)cc1C. The average Bonchev–Trinajstić information content (AvgIpc) is 3.06. The summed E-state index contributed by atoms with van der Waals surface area (Å²) in [4.78, 5) is 16.8. The zero-order chi connectivity index (χ0) is 18.0. The highest BCUT2D eigenvalue weighted by Gasteiger charge is 2.23. The molecule has 134 valence electrons. The molecular weight excluding hydrogens is 316 g/mol. The van der Waals surface area contributed by atoms with E-state index in [2.05, 4.69) is 22.0 Å². The zero-order valence-corrected chi connectivity index (χ0v) is 15.5. The molecule has 1 fully saturated rings. The minimum Gasteiger partial charge on any atom is -0.424 e. The van der Waals surface area contributed by atoms with Crippen molar-refractivity contribution in [1.82, 2.24) is 20.0 Å². The van der Waals surface area contributed by atoms with Crippen LogP contribution in [0.3, 0.4) is 0 Å². The minimum atomic E-state index is 0.114. The third kappa shape index (κ3) is 4.07. The summed E-state index contributed by atoms with van der Waals surface area (Å²) in [6.45, 7) is 11.9. The molecule has 2 heterocycles. The molecule has 6 nitrogen and oxygen atoms in total. The summed E-state index contributed by atoms with van der Waals surface area (Å²) in [5, 5.41) is 8.18. The lowest BCUT2D eigenvalue weighted by Gasteiger charge is -2.34. The molecule has 0 aliphatic carbocycles. The quantitative estimate of drug-likeness (QED) is 0.855. The van der Waals surface area contributed by atoms with E-state index >= 15 is 0 Å². The van der Waals surface area contributed by atoms with Gasteiger partial charge in [0.25, 0.3) is 5.91 Å². The Morgan fingerprint density at radius 3 is 2.44 bits per heavy atom. The number of nitrogens with zero attached hydrogens (tertiary/aromatic N) is 4. The molecule has 1 aliphatic rings. The van der Waals surface area contributed by atoms with Gasteiger partial charge in [0.15, 0.2) is 0 Å². The largest absolute Gasteiger partial charge is 0.424 e. The van der Waals surface area contributed by atoms with Gasteiger partial charge in [0.2, 0.25) is 11.8 Å². The maximum Gasteiger partial charge on any atom is 0.253 e. The van der Waals surface area contributed by atoms with Gasteiger partial charge < -0.3 is 9.32 Å². The molecule has 0 bridgehead atoms. The van der Waals surface area contributed by atoms with E-state index in [9.17, 15) is 4.79 Å². The molecule has 0 unspecified atom stereocenters. The Balaban J connectivity index is 1.55. The van der Waals surface area contributed by atoms with Gasteiger partial charge in [-0.05, 0) is 37.1 Å². The molecule has 1 amide bonds. The van der Waals surface area contributed by atoms with E-state index in [1.54, 1.807) is 0 Å². The monoisotopic (exact) mass is 342 g/mol. The van der Waals surface area contributed by atoms with Crippen LogP contribution in [-0.4, -0.2) is 52.1 Å². The minimum absolute atomic E-state index is 0.114. The van der Waals surface area contributed by atoms with Gasteiger partial charge in [-0.2, -0.15) is 0 Å². The fourth-order valence-corrected chi connectivity index (χ4v) is 2.92. The number of amides is 1. The highest BCUT2D eigenvalue weighted by Crippen LogP contribution is 2.16. The van der Waals surface area contributed by atoms with Gasteiger partial charge >= 0.3 is 0 Å². The van der Waals surface area contributed by atoms with Gasteiger partial charge in [0.05, 0.1) is 6.54 Å². The van der Waals surface area contributed by atoms with E-state index in [0.717, 1.165) is 37.3 Å². The molecule has 1 aromatic heterocycles. The molecule has 2 aromatic rings. The Kier molecular flexibility index (Phi) is 5.18. The second-order valence-corrected chi connectivity index (χ2v) is 7.06. The summed E-state index contributed by atoms with van der Waals surface area (Å²) in [5.74, 6) is 1.69. The Hall–Kier alpha value is -2.21. The van der Waals surface area contributed by atoms with Gasteiger partial charge in [-0.25, -0.2) is 0 Å². The van der Waals surface area contributed by atoms with Crippen LogP contribution in [0.15, 0.2) is 22.6 Å². The van der Waals surface area contributed by atoms with Gasteiger partial charge in [-0.1, -0.05) is 19.9 Å². The summed E-state index contributed by atoms with van der Waals surface area (Å²) >= 11 is 0. The van der Waals surface area contributed by atoms with Crippen molar-refractivity contribution in [3.63, 3.8) is 0 Å². The number of hydrogen-bond donors (Lipinski definition) is 0. The fourth-order valence-electron chi connectivity index (χ4n) is 2.92. The first-order valence-electron chi connectivity index (χ1n) is 8.85. The summed E-state index contributed by atoms with van der Waals surface area (Å²) in [5.41, 5.74) is 3.14. The van der Waals surface area contributed by atoms with Crippen molar-refractivity contribution in [2.24, 2.45) is 0 Å². The van der Waals surface area contributed by atoms with E-state index in [1.807, 2.05) is 43.9 Å². The second-order valence-electron chi connectivity index (χ2n) is 7.06. The van der Waals surface area contributed by atoms with Crippen LogP contribution in [0.5, 0.6) is 0 Å². The standard InChI is InChI=1S/C19H26N4O2/c1-13(2)18-21-20-17(25-18)12-22-7-9-23(10-8-22)19(24)16-6-5-14(3)15(4)11-16/h5-6,11,13H,7-10,12H2,1-4H3. The molecule has 0 radical (unpaired) electrons. The maximum absolute atomic E-state index is 12.7. The molecule has 0 saturated carbocycles. The summed E-state index contributed by atoms with van der Waals surface area (Å²) in [6.07, 6.45) is 0. The lowest BCUT2D eigenvalue weighted by molar-refractivity contribution is 0.0617. The molecule has 0 atom stereocenters. The van der Waals surface area contributed by atoms with Crippen LogP contribution in [0.2, 0.25) is 0 Å². The van der Waals surface area contributed by atoms with E-state index in [4.69, 9.17) is 4.42 Å². The van der Waals surface area contributed by atoms with Crippen LogP contribution >= 0.6 is 0 Å². The Bertz CT molecular complexity index is 746. The van der Waals surface area contributed by atoms with Crippen molar-refractivity contribution in [3.05, 3.63) is 46.7 Å². The van der Waals surface area contributed by atoms with E-state index in [1.165, 1.54) is 5.56 Å². The van der Waals surface area contributed by atoms with Crippen molar-refractivity contribution < 1.29 is 9.21 Å². The first-order chi connectivity index (χ1) is 11.9. The highest BCUT2D eigenvalue weighted by molar-refractivity contribution is 5.94. The predicted octanol–water partition coefficient (Wildman–Crippen LogP) is 2.77. The third-order valence-electron chi connectivity index (χ3n) is 4.75. The topological polar surface area (TPSA) is 62.5 Å². The molecule has 0 N–H and O–H groups in total. The fraction of sp³-hybridized carbons (Fsp3) is 0.526. The predicted molar refractivity (Wildman–Crippen MR) is 95.5 cm³/mol. The first kappa shape index (κ1) is 17.6. The average molecular weight is 342 g/mol. The highest BCUT2D eigenvalue weighted by atomic mass is 16.4. The molecular formula is C19H26N4O2. The van der Waals surface area contributed by atoms with Gasteiger partial charge in [0.1, 0.15) is 0 Å². The molecule has 1 saturated heterocycles. The van der Waals surface area contributed by atoms with E-state index in [-0.39, 0.29) is 11.8 Å². The number of aromatic nitrogens is 2. The summed E-state index contributed by atoms with van der Waals surface area (Å²) < 4.78 is 5.67. The van der Waals surface area contributed by atoms with Crippen LogP contribution < -0.4 is 0 Å². The summed E-state index contributed by atoms with van der Waals surface area (Å²) in [7, 11) is 0. The zero-order valence-electron chi connectivity index (χ0n) is 15.5. The van der Waals surface area contributed by atoms with Crippen LogP contribution in [-0.2, 0) is 6.54 Å². The number of carbonyl (C=O) groups is 1. The number of aryl methyl sites for hydroxylation is 2. The smallest absolute Gasteiger partial charge is 0.253 e. The Morgan fingerprint density at radius 2 is 1.84 bits per heavy atom. The molecule has 1 aromatic carbocycles.